The Bertz CT molecular complexity index is 700. The Kier molecular flexibility index (Phi) is 5.73. The molecule has 0 radical (unpaired) electrons. The van der Waals surface area contributed by atoms with Gasteiger partial charge in [0.25, 0.3) is 0 Å². The largest absolute Gasteiger partial charge is 0.478 e. The minimum Gasteiger partial charge on any atom is -0.478 e. The molecule has 3 N–H and O–H groups in total. The van der Waals surface area contributed by atoms with Crippen molar-refractivity contribution < 1.29 is 19.8 Å². The monoisotopic (exact) mass is 333 g/mol. The van der Waals surface area contributed by atoms with Crippen LogP contribution >= 0.6 is 11.6 Å². The highest BCUT2D eigenvalue weighted by Crippen LogP contribution is 2.19. The number of benzene rings is 2. The van der Waals surface area contributed by atoms with E-state index in [2.05, 4.69) is 5.32 Å². The van der Waals surface area contributed by atoms with E-state index < -0.39 is 12.1 Å². The second-order valence-electron chi connectivity index (χ2n) is 5.01. The molecule has 0 saturated carbocycles. The van der Waals surface area contributed by atoms with Crippen molar-refractivity contribution in [3.63, 3.8) is 0 Å². The Morgan fingerprint density at radius 2 is 1.74 bits per heavy atom. The highest BCUT2D eigenvalue weighted by atomic mass is 35.5. The zero-order chi connectivity index (χ0) is 16.8. The predicted molar refractivity (Wildman–Crippen MR) is 86.3 cm³/mol. The van der Waals surface area contributed by atoms with Crippen LogP contribution in [0.2, 0.25) is 5.02 Å². The smallest absolute Gasteiger partial charge is 0.336 e. The van der Waals surface area contributed by atoms with Gasteiger partial charge in [0.15, 0.2) is 0 Å². The number of rotatable bonds is 6. The molecule has 0 saturated heterocycles. The molecule has 1 atom stereocenters. The van der Waals surface area contributed by atoms with Gasteiger partial charge in [-0.15, -0.1) is 0 Å². The fourth-order valence-corrected chi connectivity index (χ4v) is 2.25. The number of carbonyl (C=O) groups excluding carboxylic acids is 1. The number of halogens is 1. The number of aromatic carboxylic acids is 1. The molecule has 0 heterocycles. The van der Waals surface area contributed by atoms with Gasteiger partial charge in [0.05, 0.1) is 18.1 Å². The van der Waals surface area contributed by atoms with Crippen LogP contribution in [0.15, 0.2) is 48.5 Å². The molecule has 2 aromatic carbocycles. The van der Waals surface area contributed by atoms with E-state index in [1.807, 2.05) is 0 Å². The summed E-state index contributed by atoms with van der Waals surface area (Å²) < 4.78 is 0. The standard InChI is InChI=1S/C17H16ClNO4/c18-13-7-5-11(6-8-13)15(20)9-16(21)19-10-12-3-1-2-4-14(12)17(22)23/h1-8,15,20H,9-10H2,(H,19,21)(H,22,23). The average molecular weight is 334 g/mol. The zero-order valence-corrected chi connectivity index (χ0v) is 13.0. The van der Waals surface area contributed by atoms with E-state index in [4.69, 9.17) is 16.7 Å². The predicted octanol–water partition coefficient (Wildman–Crippen LogP) is 2.78. The van der Waals surface area contributed by atoms with Gasteiger partial charge in [-0.1, -0.05) is 41.9 Å². The van der Waals surface area contributed by atoms with Crippen LogP contribution in [-0.2, 0) is 11.3 Å². The summed E-state index contributed by atoms with van der Waals surface area (Å²) in [6, 6.07) is 13.0. The molecule has 0 aromatic heterocycles. The molecule has 0 bridgehead atoms. The quantitative estimate of drug-likeness (QED) is 0.758. The molecule has 6 heteroatoms. The molecule has 23 heavy (non-hydrogen) atoms. The van der Waals surface area contributed by atoms with Gasteiger partial charge in [0.1, 0.15) is 0 Å². The third-order valence-electron chi connectivity index (χ3n) is 3.36. The molecular weight excluding hydrogens is 318 g/mol. The highest BCUT2D eigenvalue weighted by molar-refractivity contribution is 6.30. The first kappa shape index (κ1) is 17.0. The van der Waals surface area contributed by atoms with E-state index in [1.165, 1.54) is 6.07 Å². The van der Waals surface area contributed by atoms with Crippen molar-refractivity contribution in [3.8, 4) is 0 Å². The van der Waals surface area contributed by atoms with Crippen LogP contribution in [0.5, 0.6) is 0 Å². The maximum atomic E-state index is 11.9. The van der Waals surface area contributed by atoms with E-state index in [1.54, 1.807) is 42.5 Å². The first-order valence-corrected chi connectivity index (χ1v) is 7.36. The topological polar surface area (TPSA) is 86.6 Å². The third-order valence-corrected chi connectivity index (χ3v) is 3.61. The molecule has 0 spiro atoms. The second-order valence-corrected chi connectivity index (χ2v) is 5.45. The molecule has 0 aliphatic rings. The molecule has 0 aliphatic heterocycles. The average Bonchev–Trinajstić information content (AvgIpc) is 2.53. The number of aliphatic hydroxyl groups excluding tert-OH is 1. The van der Waals surface area contributed by atoms with Gasteiger partial charge in [-0.05, 0) is 29.3 Å². The molecule has 0 aliphatic carbocycles. The van der Waals surface area contributed by atoms with E-state index in [0.29, 0.717) is 16.1 Å². The molecule has 120 valence electrons. The highest BCUT2D eigenvalue weighted by Gasteiger charge is 2.14. The van der Waals surface area contributed by atoms with Gasteiger partial charge in [-0.2, -0.15) is 0 Å². The second kappa shape index (κ2) is 7.76. The minimum absolute atomic E-state index is 0.0919. The first-order valence-electron chi connectivity index (χ1n) is 6.99. The molecule has 1 unspecified atom stereocenters. The molecular formula is C17H16ClNO4. The SMILES string of the molecule is O=C(CC(O)c1ccc(Cl)cc1)NCc1ccccc1C(=O)O. The summed E-state index contributed by atoms with van der Waals surface area (Å²) >= 11 is 5.77. The van der Waals surface area contributed by atoms with E-state index in [-0.39, 0.29) is 24.4 Å². The van der Waals surface area contributed by atoms with E-state index in [9.17, 15) is 14.7 Å². The maximum absolute atomic E-state index is 11.9. The van der Waals surface area contributed by atoms with Crippen molar-refractivity contribution in [1.82, 2.24) is 5.32 Å². The first-order chi connectivity index (χ1) is 11.0. The minimum atomic E-state index is -1.05. The Labute approximate surface area is 138 Å². The Morgan fingerprint density at radius 3 is 2.39 bits per heavy atom. The summed E-state index contributed by atoms with van der Waals surface area (Å²) in [7, 11) is 0. The van der Waals surface area contributed by atoms with Gasteiger partial charge in [-0.25, -0.2) is 4.79 Å². The summed E-state index contributed by atoms with van der Waals surface area (Å²) in [5, 5.41) is 22.3. The molecule has 5 nitrogen and oxygen atoms in total. The lowest BCUT2D eigenvalue weighted by Crippen LogP contribution is -2.25. The van der Waals surface area contributed by atoms with Gasteiger partial charge in [0, 0.05) is 11.6 Å². The Hall–Kier alpha value is -2.37. The normalized spacial score (nSPS) is 11.7. The number of carboxylic acids is 1. The number of aliphatic hydroxyl groups is 1. The lowest BCUT2D eigenvalue weighted by atomic mass is 10.1. The fourth-order valence-electron chi connectivity index (χ4n) is 2.13. The lowest BCUT2D eigenvalue weighted by molar-refractivity contribution is -0.123. The number of carboxylic acid groups (broad SMARTS) is 1. The summed E-state index contributed by atoms with van der Waals surface area (Å²) in [5.74, 6) is -1.41. The number of hydrogen-bond donors (Lipinski definition) is 3. The summed E-state index contributed by atoms with van der Waals surface area (Å²) in [4.78, 5) is 23.0. The van der Waals surface area contributed by atoms with Crippen LogP contribution in [-0.4, -0.2) is 22.1 Å². The lowest BCUT2D eigenvalue weighted by Gasteiger charge is -2.12. The fraction of sp³-hybridized carbons (Fsp3) is 0.176. The van der Waals surface area contributed by atoms with Crippen LogP contribution in [0.1, 0.15) is 34.0 Å². The third kappa shape index (κ3) is 4.81. The molecule has 1 amide bonds. The van der Waals surface area contributed by atoms with Gasteiger partial charge < -0.3 is 15.5 Å². The van der Waals surface area contributed by atoms with Gasteiger partial charge >= 0.3 is 5.97 Å². The summed E-state index contributed by atoms with van der Waals surface area (Å²) in [6.45, 7) is 0.0919. The van der Waals surface area contributed by atoms with Crippen molar-refractivity contribution in [2.45, 2.75) is 19.1 Å². The molecule has 2 rings (SSSR count). The number of hydrogen-bond acceptors (Lipinski definition) is 3. The van der Waals surface area contributed by atoms with Crippen molar-refractivity contribution >= 4 is 23.5 Å². The Balaban J connectivity index is 1.93. The zero-order valence-electron chi connectivity index (χ0n) is 12.2. The van der Waals surface area contributed by atoms with Crippen molar-refractivity contribution in [1.29, 1.82) is 0 Å². The van der Waals surface area contributed by atoms with Gasteiger partial charge in [-0.3, -0.25) is 4.79 Å². The van der Waals surface area contributed by atoms with Crippen LogP contribution < -0.4 is 5.32 Å². The van der Waals surface area contributed by atoms with E-state index >= 15 is 0 Å². The van der Waals surface area contributed by atoms with Gasteiger partial charge in [0.2, 0.25) is 5.91 Å². The maximum Gasteiger partial charge on any atom is 0.336 e. The van der Waals surface area contributed by atoms with Crippen molar-refractivity contribution in [3.05, 3.63) is 70.2 Å². The number of carbonyl (C=O) groups is 2. The van der Waals surface area contributed by atoms with Crippen molar-refractivity contribution in [2.24, 2.45) is 0 Å². The van der Waals surface area contributed by atoms with Crippen LogP contribution in [0.4, 0.5) is 0 Å². The van der Waals surface area contributed by atoms with E-state index in [0.717, 1.165) is 0 Å². The van der Waals surface area contributed by atoms with Crippen LogP contribution in [0.3, 0.4) is 0 Å². The number of nitrogens with one attached hydrogen (secondary N) is 1. The Morgan fingerprint density at radius 1 is 1.09 bits per heavy atom. The van der Waals surface area contributed by atoms with Crippen molar-refractivity contribution in [2.75, 3.05) is 0 Å². The molecule has 0 fully saturated rings. The van der Waals surface area contributed by atoms with Crippen LogP contribution in [0, 0.1) is 0 Å². The summed E-state index contributed by atoms with van der Waals surface area (Å²) in [5.41, 5.74) is 1.25. The van der Waals surface area contributed by atoms with Crippen LogP contribution in [0.25, 0.3) is 0 Å². The molecule has 2 aromatic rings. The summed E-state index contributed by atoms with van der Waals surface area (Å²) in [6.07, 6.45) is -1.06. The number of amides is 1.